The van der Waals surface area contributed by atoms with E-state index in [1.54, 1.807) is 6.92 Å². The number of amides is 4. The van der Waals surface area contributed by atoms with Gasteiger partial charge in [-0.3, -0.25) is 19.2 Å². The van der Waals surface area contributed by atoms with Gasteiger partial charge in [-0.1, -0.05) is 47.0 Å². The highest BCUT2D eigenvalue weighted by atomic mass is 16.2. The van der Waals surface area contributed by atoms with Gasteiger partial charge in [0.1, 0.15) is 5.78 Å². The Labute approximate surface area is 269 Å². The van der Waals surface area contributed by atoms with E-state index in [1.165, 1.54) is 6.42 Å². The Kier molecular flexibility index (Phi) is 36.5. The first-order chi connectivity index (χ1) is 20.3. The Balaban J connectivity index is -0.00000144. The van der Waals surface area contributed by atoms with Gasteiger partial charge in [-0.25, -0.2) is 0 Å². The van der Waals surface area contributed by atoms with Gasteiger partial charge in [0.15, 0.2) is 0 Å². The average molecular weight is 628 g/mol. The van der Waals surface area contributed by atoms with Crippen LogP contribution in [0.5, 0.6) is 0 Å². The number of ketones is 1. The Morgan fingerprint density at radius 2 is 0.977 bits per heavy atom. The van der Waals surface area contributed by atoms with Gasteiger partial charge in [0.05, 0.1) is 0 Å². The molecule has 1 aliphatic heterocycles. The Morgan fingerprint density at radius 1 is 0.568 bits per heavy atom. The Hall–Kier alpha value is -2.49. The molecule has 0 spiro atoms. The molecule has 0 radical (unpaired) electrons. The second-order valence-corrected chi connectivity index (χ2v) is 11.3. The lowest BCUT2D eigenvalue weighted by Gasteiger charge is -2.07. The summed E-state index contributed by atoms with van der Waals surface area (Å²) in [4.78, 5) is 56.8. The van der Waals surface area contributed by atoms with E-state index in [0.717, 1.165) is 109 Å². The maximum Gasteiger partial charge on any atom is 0.219 e. The molecule has 10 heteroatoms. The van der Waals surface area contributed by atoms with Crippen LogP contribution in [0.1, 0.15) is 150 Å². The number of nitrogens with one attached hydrogen (secondary N) is 5. The zero-order chi connectivity index (χ0) is 31.1. The van der Waals surface area contributed by atoms with Crippen LogP contribution in [-0.4, -0.2) is 69.2 Å². The molecule has 4 amide bonds. The van der Waals surface area contributed by atoms with E-state index in [2.05, 4.69) is 26.6 Å². The molecule has 10 nitrogen and oxygen atoms in total. The second-order valence-electron chi connectivity index (χ2n) is 11.3. The number of hydrogen-bond donors (Lipinski definition) is 5. The van der Waals surface area contributed by atoms with E-state index in [9.17, 15) is 24.0 Å². The predicted octanol–water partition coefficient (Wildman–Crippen LogP) is 5.33. The van der Waals surface area contributed by atoms with Crippen LogP contribution >= 0.6 is 0 Å². The molecule has 44 heavy (non-hydrogen) atoms. The summed E-state index contributed by atoms with van der Waals surface area (Å²) in [5.41, 5.74) is 0. The van der Waals surface area contributed by atoms with Crippen molar-refractivity contribution in [3.05, 3.63) is 0 Å². The summed E-state index contributed by atoms with van der Waals surface area (Å²) >= 11 is 0. The quantitative estimate of drug-likeness (QED) is 0.0915. The molecule has 0 aromatic carbocycles. The van der Waals surface area contributed by atoms with Crippen molar-refractivity contribution in [1.29, 1.82) is 0 Å². The van der Waals surface area contributed by atoms with Gasteiger partial charge in [0, 0.05) is 58.3 Å². The van der Waals surface area contributed by atoms with Crippen LogP contribution in [0, 0.1) is 0 Å². The molecule has 0 atom stereocenters. The zero-order valence-corrected chi connectivity index (χ0v) is 26.7. The molecule has 0 aromatic rings. The molecule has 0 aliphatic carbocycles. The van der Waals surface area contributed by atoms with Gasteiger partial charge >= 0.3 is 0 Å². The molecular formula is C34H69N5O5. The highest BCUT2D eigenvalue weighted by Crippen LogP contribution is 2.04. The van der Waals surface area contributed by atoms with Gasteiger partial charge < -0.3 is 31.4 Å². The van der Waals surface area contributed by atoms with Crippen LogP contribution in [0.3, 0.4) is 0 Å². The lowest BCUT2D eigenvalue weighted by Crippen LogP contribution is -2.25. The first kappa shape index (κ1) is 45.9. The minimum atomic E-state index is 0. The zero-order valence-electron chi connectivity index (χ0n) is 26.7. The van der Waals surface area contributed by atoms with Crippen LogP contribution < -0.4 is 26.6 Å². The summed E-state index contributed by atoms with van der Waals surface area (Å²) in [5.74, 6) is 0.729. The van der Waals surface area contributed by atoms with Gasteiger partial charge in [0.2, 0.25) is 23.6 Å². The van der Waals surface area contributed by atoms with Crippen LogP contribution in [0.2, 0.25) is 0 Å². The van der Waals surface area contributed by atoms with Crippen molar-refractivity contribution in [2.24, 2.45) is 0 Å². The summed E-state index contributed by atoms with van der Waals surface area (Å²) in [6, 6.07) is 0. The summed E-state index contributed by atoms with van der Waals surface area (Å²) in [6.45, 7) is 5.51. The molecule has 1 saturated heterocycles. The van der Waals surface area contributed by atoms with E-state index >= 15 is 0 Å². The van der Waals surface area contributed by atoms with E-state index in [-0.39, 0.29) is 44.3 Å². The van der Waals surface area contributed by atoms with Crippen molar-refractivity contribution in [2.45, 2.75) is 150 Å². The first-order valence-corrected chi connectivity index (χ1v) is 16.6. The van der Waals surface area contributed by atoms with Crippen LogP contribution in [0.25, 0.3) is 0 Å². The third-order valence-electron chi connectivity index (χ3n) is 7.07. The number of carbonyl (C=O) groups excluding carboxylic acids is 5. The number of carbonyl (C=O) groups is 5. The minimum Gasteiger partial charge on any atom is -0.356 e. The van der Waals surface area contributed by atoms with Gasteiger partial charge in [-0.05, 0) is 84.7 Å². The normalized spacial score (nSPS) is 12.2. The summed E-state index contributed by atoms with van der Waals surface area (Å²) < 4.78 is 0. The maximum atomic E-state index is 11.9. The summed E-state index contributed by atoms with van der Waals surface area (Å²) in [5, 5.41) is 14.7. The topological polar surface area (TPSA) is 146 Å². The molecular weight excluding hydrogens is 558 g/mol. The van der Waals surface area contributed by atoms with Gasteiger partial charge in [-0.15, -0.1) is 0 Å². The molecule has 0 aromatic heterocycles. The fraction of sp³-hybridized carbons (Fsp3) is 0.853. The highest BCUT2D eigenvalue weighted by molar-refractivity contribution is 5.77. The lowest BCUT2D eigenvalue weighted by atomic mass is 10.1. The highest BCUT2D eigenvalue weighted by Gasteiger charge is 2.05. The van der Waals surface area contributed by atoms with Crippen molar-refractivity contribution >= 4 is 29.4 Å². The van der Waals surface area contributed by atoms with Crippen molar-refractivity contribution in [1.82, 2.24) is 26.6 Å². The minimum absolute atomic E-state index is 0. The number of rotatable bonds is 24. The standard InChI is InChI=1S/C26H50N4O4.C6H11NO.2CH4/c1-23(31)15-7-3-12-20-28-25(33)17-9-5-14-22-30-26(34)18-10-6-13-21-29-24(32)16-8-4-11-19-27-2;8-6-4-2-1-3-5-7-6;;/h27H,3-22H2,1-2H3,(H,28,33)(H,29,32)(H,30,34);1-5H2,(H,7,8);2*1H4. The van der Waals surface area contributed by atoms with Gasteiger partial charge in [0.25, 0.3) is 0 Å². The number of Topliss-reactive ketones (excluding diaryl/α,β-unsaturated/α-hetero) is 1. The molecule has 0 unspecified atom stereocenters. The summed E-state index contributed by atoms with van der Waals surface area (Å²) in [7, 11) is 1.94. The first-order valence-electron chi connectivity index (χ1n) is 16.6. The number of hydrogen-bond acceptors (Lipinski definition) is 6. The van der Waals surface area contributed by atoms with Crippen LogP contribution in [0.4, 0.5) is 0 Å². The Morgan fingerprint density at radius 3 is 1.39 bits per heavy atom. The molecule has 0 bridgehead atoms. The van der Waals surface area contributed by atoms with Crippen LogP contribution in [-0.2, 0) is 24.0 Å². The Bertz CT molecular complexity index is 723. The average Bonchev–Trinajstić information content (AvgIpc) is 3.21. The van der Waals surface area contributed by atoms with Crippen molar-refractivity contribution < 1.29 is 24.0 Å². The lowest BCUT2D eigenvalue weighted by molar-refractivity contribution is -0.122. The fourth-order valence-corrected chi connectivity index (χ4v) is 4.47. The monoisotopic (exact) mass is 628 g/mol. The second kappa shape index (κ2) is 35.0. The molecule has 260 valence electrons. The SMILES string of the molecule is C.C.CNCCCCCC(=O)NCCCCCC(=O)NCCCCCC(=O)NCCCCCC(C)=O.O=C1CCCCCN1. The molecule has 1 heterocycles. The molecule has 1 rings (SSSR count). The third-order valence-corrected chi connectivity index (χ3v) is 7.07. The van der Waals surface area contributed by atoms with Gasteiger partial charge in [-0.2, -0.15) is 0 Å². The fourth-order valence-electron chi connectivity index (χ4n) is 4.47. The molecule has 5 N–H and O–H groups in total. The van der Waals surface area contributed by atoms with Crippen molar-refractivity contribution in [3.8, 4) is 0 Å². The van der Waals surface area contributed by atoms with Crippen molar-refractivity contribution in [2.75, 3.05) is 39.8 Å². The van der Waals surface area contributed by atoms with Crippen molar-refractivity contribution in [3.63, 3.8) is 0 Å². The maximum absolute atomic E-state index is 11.9. The number of unbranched alkanes of at least 4 members (excludes halogenated alkanes) is 8. The van der Waals surface area contributed by atoms with Crippen LogP contribution in [0.15, 0.2) is 0 Å². The van der Waals surface area contributed by atoms with E-state index < -0.39 is 0 Å². The van der Waals surface area contributed by atoms with E-state index in [0.29, 0.717) is 45.3 Å². The predicted molar refractivity (Wildman–Crippen MR) is 182 cm³/mol. The van der Waals surface area contributed by atoms with E-state index in [1.807, 2.05) is 7.05 Å². The largest absolute Gasteiger partial charge is 0.356 e. The molecule has 1 aliphatic rings. The molecule has 1 fully saturated rings. The van der Waals surface area contributed by atoms with E-state index in [4.69, 9.17) is 0 Å². The third kappa shape index (κ3) is 35.7. The summed E-state index contributed by atoms with van der Waals surface area (Å²) in [6.07, 6.45) is 17.6. The molecule has 0 saturated carbocycles. The smallest absolute Gasteiger partial charge is 0.219 e.